The second-order valence-corrected chi connectivity index (χ2v) is 4.20. The van der Waals surface area contributed by atoms with Crippen LogP contribution in [-0.2, 0) is 9.53 Å². The Morgan fingerprint density at radius 2 is 1.93 bits per heavy atom. The van der Waals surface area contributed by atoms with E-state index < -0.39 is 6.04 Å². The molecule has 0 rings (SSSR count). The minimum absolute atomic E-state index is 0.0112. The van der Waals surface area contributed by atoms with Crippen LogP contribution in [0.4, 0.5) is 0 Å². The molecule has 0 bridgehead atoms. The number of nitrogens with two attached hydrogens (primary N) is 1. The molecule has 4 heteroatoms. The molecule has 2 atom stereocenters. The Balaban J connectivity index is 4.46. The zero-order chi connectivity index (χ0) is 12.0. The van der Waals surface area contributed by atoms with Gasteiger partial charge in [0.1, 0.15) is 0 Å². The monoisotopic (exact) mass is 216 g/mol. The number of nitrogens with zero attached hydrogens (tertiary/aromatic N) is 1. The standard InChI is InChI=1S/C11H24N2O2/c1-6-13(9(4)7-15-5)11(14)10(12)8(2)3/h8-10H,6-7,12H2,1-5H3. The van der Waals surface area contributed by atoms with Gasteiger partial charge in [-0.3, -0.25) is 4.79 Å². The molecule has 0 aliphatic carbocycles. The molecule has 0 spiro atoms. The van der Waals surface area contributed by atoms with Gasteiger partial charge in [0.05, 0.1) is 18.7 Å². The smallest absolute Gasteiger partial charge is 0.240 e. The molecule has 0 aliphatic heterocycles. The molecule has 90 valence electrons. The minimum Gasteiger partial charge on any atom is -0.383 e. The summed E-state index contributed by atoms with van der Waals surface area (Å²) in [5, 5.41) is 0. The van der Waals surface area contributed by atoms with Gasteiger partial charge in [0, 0.05) is 13.7 Å². The molecule has 0 heterocycles. The highest BCUT2D eigenvalue weighted by atomic mass is 16.5. The zero-order valence-electron chi connectivity index (χ0n) is 10.5. The maximum absolute atomic E-state index is 12.0. The molecule has 0 saturated carbocycles. The summed E-state index contributed by atoms with van der Waals surface area (Å²) in [6.45, 7) is 9.05. The third-order valence-electron chi connectivity index (χ3n) is 2.57. The first-order valence-electron chi connectivity index (χ1n) is 5.50. The van der Waals surface area contributed by atoms with Crippen molar-refractivity contribution >= 4 is 5.91 Å². The summed E-state index contributed by atoms with van der Waals surface area (Å²) in [6.07, 6.45) is 0. The fraction of sp³-hybridized carbons (Fsp3) is 0.909. The van der Waals surface area contributed by atoms with Crippen LogP contribution < -0.4 is 5.73 Å². The molecule has 4 nitrogen and oxygen atoms in total. The number of methoxy groups -OCH3 is 1. The predicted octanol–water partition coefficient (Wildman–Crippen LogP) is 0.853. The molecule has 1 amide bonds. The predicted molar refractivity (Wildman–Crippen MR) is 61.5 cm³/mol. The Morgan fingerprint density at radius 1 is 1.40 bits per heavy atom. The lowest BCUT2D eigenvalue weighted by molar-refractivity contribution is -0.136. The lowest BCUT2D eigenvalue weighted by atomic mass is 10.0. The largest absolute Gasteiger partial charge is 0.383 e. The molecular weight excluding hydrogens is 192 g/mol. The van der Waals surface area contributed by atoms with Crippen LogP contribution in [-0.4, -0.2) is 43.2 Å². The average molecular weight is 216 g/mol. The normalized spacial score (nSPS) is 15.1. The number of carbonyl (C=O) groups is 1. The van der Waals surface area contributed by atoms with Crippen molar-refractivity contribution in [3.05, 3.63) is 0 Å². The van der Waals surface area contributed by atoms with E-state index >= 15 is 0 Å². The third kappa shape index (κ3) is 4.18. The van der Waals surface area contributed by atoms with Crippen LogP contribution in [0.1, 0.15) is 27.7 Å². The third-order valence-corrected chi connectivity index (χ3v) is 2.57. The summed E-state index contributed by atoms with van der Waals surface area (Å²) >= 11 is 0. The van der Waals surface area contributed by atoms with Gasteiger partial charge >= 0.3 is 0 Å². The Kier molecular flexibility index (Phi) is 6.52. The number of rotatable bonds is 6. The van der Waals surface area contributed by atoms with E-state index in [1.54, 1.807) is 12.0 Å². The number of likely N-dealkylation sites (N-methyl/N-ethyl adjacent to an activating group) is 1. The maximum atomic E-state index is 12.0. The van der Waals surface area contributed by atoms with Crippen LogP contribution in [0.5, 0.6) is 0 Å². The van der Waals surface area contributed by atoms with Gasteiger partial charge < -0.3 is 15.4 Å². The SMILES string of the molecule is CCN(C(=O)C(N)C(C)C)C(C)COC. The van der Waals surface area contributed by atoms with Gasteiger partial charge in [-0.2, -0.15) is 0 Å². The van der Waals surface area contributed by atoms with Crippen molar-refractivity contribution in [3.63, 3.8) is 0 Å². The molecule has 2 unspecified atom stereocenters. The molecular formula is C11H24N2O2. The topological polar surface area (TPSA) is 55.6 Å². The van der Waals surface area contributed by atoms with Crippen molar-refractivity contribution in [1.29, 1.82) is 0 Å². The van der Waals surface area contributed by atoms with E-state index in [9.17, 15) is 4.79 Å². The molecule has 0 aliphatic rings. The Morgan fingerprint density at radius 3 is 2.27 bits per heavy atom. The van der Waals surface area contributed by atoms with Crippen molar-refractivity contribution in [2.75, 3.05) is 20.3 Å². The second kappa shape index (κ2) is 6.80. The number of hydrogen-bond acceptors (Lipinski definition) is 3. The summed E-state index contributed by atoms with van der Waals surface area (Å²) in [7, 11) is 1.64. The number of carbonyl (C=O) groups excluding carboxylic acids is 1. The molecule has 15 heavy (non-hydrogen) atoms. The fourth-order valence-corrected chi connectivity index (χ4v) is 1.49. The Hall–Kier alpha value is -0.610. The summed E-state index contributed by atoms with van der Waals surface area (Å²) in [6, 6.07) is -0.332. The van der Waals surface area contributed by atoms with Gasteiger partial charge in [0.2, 0.25) is 5.91 Å². The summed E-state index contributed by atoms with van der Waals surface area (Å²) in [4.78, 5) is 13.7. The van der Waals surface area contributed by atoms with Gasteiger partial charge in [0.25, 0.3) is 0 Å². The first-order chi connectivity index (χ1) is 6.95. The van der Waals surface area contributed by atoms with Crippen LogP contribution in [0.3, 0.4) is 0 Å². The van der Waals surface area contributed by atoms with E-state index in [1.165, 1.54) is 0 Å². The lowest BCUT2D eigenvalue weighted by Gasteiger charge is -2.31. The van der Waals surface area contributed by atoms with E-state index in [0.29, 0.717) is 13.2 Å². The zero-order valence-corrected chi connectivity index (χ0v) is 10.5. The molecule has 0 saturated heterocycles. The van der Waals surface area contributed by atoms with Gasteiger partial charge in [-0.05, 0) is 19.8 Å². The van der Waals surface area contributed by atoms with Crippen LogP contribution in [0.2, 0.25) is 0 Å². The van der Waals surface area contributed by atoms with Crippen molar-refractivity contribution < 1.29 is 9.53 Å². The van der Waals surface area contributed by atoms with Crippen LogP contribution >= 0.6 is 0 Å². The molecule has 0 fully saturated rings. The molecule has 0 aromatic heterocycles. The maximum Gasteiger partial charge on any atom is 0.240 e. The molecule has 0 aromatic rings. The van der Waals surface area contributed by atoms with Gasteiger partial charge in [-0.15, -0.1) is 0 Å². The van der Waals surface area contributed by atoms with E-state index in [2.05, 4.69) is 0 Å². The van der Waals surface area contributed by atoms with Crippen LogP contribution in [0, 0.1) is 5.92 Å². The van der Waals surface area contributed by atoms with E-state index in [0.717, 1.165) is 0 Å². The summed E-state index contributed by atoms with van der Waals surface area (Å²) in [5.41, 5.74) is 5.84. The summed E-state index contributed by atoms with van der Waals surface area (Å²) < 4.78 is 5.04. The van der Waals surface area contributed by atoms with E-state index in [-0.39, 0.29) is 17.9 Å². The van der Waals surface area contributed by atoms with Gasteiger partial charge in [-0.1, -0.05) is 13.8 Å². The minimum atomic E-state index is -0.413. The molecule has 0 aromatic carbocycles. The van der Waals surface area contributed by atoms with Crippen molar-refractivity contribution in [1.82, 2.24) is 4.90 Å². The molecule has 0 radical (unpaired) electrons. The Labute approximate surface area is 92.8 Å². The highest BCUT2D eigenvalue weighted by molar-refractivity contribution is 5.82. The lowest BCUT2D eigenvalue weighted by Crippen LogP contribution is -2.50. The van der Waals surface area contributed by atoms with Gasteiger partial charge in [-0.25, -0.2) is 0 Å². The molecule has 2 N–H and O–H groups in total. The average Bonchev–Trinajstić information content (AvgIpc) is 2.17. The van der Waals surface area contributed by atoms with Crippen LogP contribution in [0.25, 0.3) is 0 Å². The van der Waals surface area contributed by atoms with Gasteiger partial charge in [0.15, 0.2) is 0 Å². The first-order valence-corrected chi connectivity index (χ1v) is 5.50. The number of amides is 1. The van der Waals surface area contributed by atoms with Crippen molar-refractivity contribution in [2.45, 2.75) is 39.8 Å². The summed E-state index contributed by atoms with van der Waals surface area (Å²) in [5.74, 6) is 0.179. The number of hydrogen-bond donors (Lipinski definition) is 1. The van der Waals surface area contributed by atoms with Crippen LogP contribution in [0.15, 0.2) is 0 Å². The van der Waals surface area contributed by atoms with E-state index in [1.807, 2.05) is 27.7 Å². The Bertz CT molecular complexity index is 195. The first kappa shape index (κ1) is 14.4. The van der Waals surface area contributed by atoms with E-state index in [4.69, 9.17) is 10.5 Å². The quantitative estimate of drug-likeness (QED) is 0.716. The van der Waals surface area contributed by atoms with Crippen molar-refractivity contribution in [3.8, 4) is 0 Å². The highest BCUT2D eigenvalue weighted by Crippen LogP contribution is 2.07. The van der Waals surface area contributed by atoms with Crippen molar-refractivity contribution in [2.24, 2.45) is 11.7 Å². The highest BCUT2D eigenvalue weighted by Gasteiger charge is 2.25. The number of ether oxygens (including phenoxy) is 1. The fourth-order valence-electron chi connectivity index (χ4n) is 1.49. The second-order valence-electron chi connectivity index (χ2n) is 4.20.